The first-order chi connectivity index (χ1) is 10.2. The molecule has 0 aromatic heterocycles. The molecule has 1 aromatic rings. The van der Waals surface area contributed by atoms with Crippen molar-refractivity contribution in [2.24, 2.45) is 5.41 Å². The molecular formula is C16H22N2O3S. The first-order valence-corrected chi connectivity index (χ1v) is 7.54. The molecule has 0 fully saturated rings. The second-order valence-electron chi connectivity index (χ2n) is 5.87. The Morgan fingerprint density at radius 3 is 2.55 bits per heavy atom. The lowest BCUT2D eigenvalue weighted by Crippen LogP contribution is -2.41. The molecule has 0 heterocycles. The van der Waals surface area contributed by atoms with E-state index in [1.165, 1.54) is 0 Å². The zero-order valence-corrected chi connectivity index (χ0v) is 14.2. The number of anilines is 1. The number of thiocarbonyl (C=S) groups is 1. The highest BCUT2D eigenvalue weighted by atomic mass is 32.1. The van der Waals surface area contributed by atoms with Crippen LogP contribution in [0.25, 0.3) is 0 Å². The van der Waals surface area contributed by atoms with E-state index in [0.717, 1.165) is 6.42 Å². The van der Waals surface area contributed by atoms with E-state index in [4.69, 9.17) is 17.0 Å². The summed E-state index contributed by atoms with van der Waals surface area (Å²) in [6.07, 6.45) is 0.770. The molecule has 2 N–H and O–H groups in total. The number of hydrogen-bond donors (Lipinski definition) is 2. The quantitative estimate of drug-likeness (QED) is 0.658. The Hall–Kier alpha value is -1.95. The Bertz CT molecular complexity index is 565. The Kier molecular flexibility index (Phi) is 6.49. The van der Waals surface area contributed by atoms with Gasteiger partial charge in [0.25, 0.3) is 0 Å². The maximum absolute atomic E-state index is 11.8. The van der Waals surface area contributed by atoms with Gasteiger partial charge < -0.3 is 15.4 Å². The van der Waals surface area contributed by atoms with Crippen LogP contribution in [-0.4, -0.2) is 23.6 Å². The summed E-state index contributed by atoms with van der Waals surface area (Å²) in [6, 6.07) is 6.78. The number of carbonyl (C=O) groups is 2. The molecule has 0 atom stereocenters. The van der Waals surface area contributed by atoms with Crippen LogP contribution in [0.1, 0.15) is 44.5 Å². The average molecular weight is 322 g/mol. The Morgan fingerprint density at radius 2 is 1.95 bits per heavy atom. The zero-order valence-electron chi connectivity index (χ0n) is 13.4. The van der Waals surface area contributed by atoms with Gasteiger partial charge in [0.05, 0.1) is 12.2 Å². The molecular weight excluding hydrogens is 300 g/mol. The largest absolute Gasteiger partial charge is 0.462 e. The molecule has 0 bridgehead atoms. The third kappa shape index (κ3) is 5.81. The van der Waals surface area contributed by atoms with Gasteiger partial charge >= 0.3 is 5.97 Å². The highest BCUT2D eigenvalue weighted by Gasteiger charge is 2.22. The smallest absolute Gasteiger partial charge is 0.338 e. The van der Waals surface area contributed by atoms with Crippen LogP contribution >= 0.6 is 12.2 Å². The van der Waals surface area contributed by atoms with Crippen molar-refractivity contribution in [2.45, 2.75) is 34.1 Å². The summed E-state index contributed by atoms with van der Waals surface area (Å²) in [4.78, 5) is 23.6. The zero-order chi connectivity index (χ0) is 16.8. The molecule has 0 aliphatic carbocycles. The van der Waals surface area contributed by atoms with Crippen LogP contribution in [-0.2, 0) is 9.53 Å². The van der Waals surface area contributed by atoms with Crippen molar-refractivity contribution in [3.8, 4) is 0 Å². The van der Waals surface area contributed by atoms with E-state index in [-0.39, 0.29) is 17.0 Å². The Balaban J connectivity index is 2.68. The van der Waals surface area contributed by atoms with E-state index in [1.807, 2.05) is 6.92 Å². The lowest BCUT2D eigenvalue weighted by molar-refractivity contribution is -0.126. The summed E-state index contributed by atoms with van der Waals surface area (Å²) < 4.78 is 5.08. The minimum absolute atomic E-state index is 0.177. The van der Waals surface area contributed by atoms with Gasteiger partial charge in [0.1, 0.15) is 0 Å². The summed E-state index contributed by atoms with van der Waals surface area (Å²) in [7, 11) is 0. The number of nitrogens with one attached hydrogen (secondary N) is 2. The van der Waals surface area contributed by atoms with Crippen molar-refractivity contribution in [3.63, 3.8) is 0 Å². The van der Waals surface area contributed by atoms with Gasteiger partial charge in [0.15, 0.2) is 5.11 Å². The van der Waals surface area contributed by atoms with Gasteiger partial charge in [-0.3, -0.25) is 4.79 Å². The molecule has 0 aliphatic rings. The average Bonchev–Trinajstić information content (AvgIpc) is 2.43. The molecule has 5 nitrogen and oxygen atoms in total. The van der Waals surface area contributed by atoms with Crippen LogP contribution in [0.2, 0.25) is 0 Å². The van der Waals surface area contributed by atoms with Crippen molar-refractivity contribution in [2.75, 3.05) is 11.9 Å². The SMILES string of the molecule is CCCOC(=O)c1cccc(NC(=S)NC(=O)C(C)(C)C)c1. The monoisotopic (exact) mass is 322 g/mol. The molecule has 1 amide bonds. The molecule has 0 spiro atoms. The summed E-state index contributed by atoms with van der Waals surface area (Å²) in [6.45, 7) is 7.72. The molecule has 22 heavy (non-hydrogen) atoms. The van der Waals surface area contributed by atoms with Crippen molar-refractivity contribution in [1.82, 2.24) is 5.32 Å². The fourth-order valence-electron chi connectivity index (χ4n) is 1.45. The predicted octanol–water partition coefficient (Wildman–Crippen LogP) is 3.11. The van der Waals surface area contributed by atoms with Gasteiger partial charge in [-0.15, -0.1) is 0 Å². The van der Waals surface area contributed by atoms with E-state index in [1.54, 1.807) is 45.0 Å². The minimum Gasteiger partial charge on any atom is -0.462 e. The normalized spacial score (nSPS) is 10.7. The Labute approximate surface area is 136 Å². The first-order valence-electron chi connectivity index (χ1n) is 7.13. The number of amides is 1. The number of benzene rings is 1. The third-order valence-corrected chi connectivity index (χ3v) is 2.91. The summed E-state index contributed by atoms with van der Waals surface area (Å²) in [5.74, 6) is -0.557. The van der Waals surface area contributed by atoms with E-state index < -0.39 is 5.41 Å². The number of carbonyl (C=O) groups excluding carboxylic acids is 2. The lowest BCUT2D eigenvalue weighted by atomic mass is 9.96. The van der Waals surface area contributed by atoms with Crippen molar-refractivity contribution in [1.29, 1.82) is 0 Å². The number of hydrogen-bond acceptors (Lipinski definition) is 4. The fourth-order valence-corrected chi connectivity index (χ4v) is 1.67. The van der Waals surface area contributed by atoms with E-state index in [0.29, 0.717) is 17.9 Å². The molecule has 0 unspecified atom stereocenters. The highest BCUT2D eigenvalue weighted by molar-refractivity contribution is 7.80. The summed E-state index contributed by atoms with van der Waals surface area (Å²) in [5, 5.41) is 5.70. The summed E-state index contributed by atoms with van der Waals surface area (Å²) in [5.41, 5.74) is 0.519. The van der Waals surface area contributed by atoms with Crippen LogP contribution in [0.15, 0.2) is 24.3 Å². The van der Waals surface area contributed by atoms with Crippen molar-refractivity contribution >= 4 is 34.9 Å². The molecule has 1 rings (SSSR count). The van der Waals surface area contributed by atoms with Crippen LogP contribution in [0, 0.1) is 5.41 Å². The van der Waals surface area contributed by atoms with Gasteiger partial charge in [-0.1, -0.05) is 33.8 Å². The third-order valence-electron chi connectivity index (χ3n) is 2.70. The number of esters is 1. The first kappa shape index (κ1) is 18.1. The van der Waals surface area contributed by atoms with Crippen LogP contribution in [0.5, 0.6) is 0 Å². The van der Waals surface area contributed by atoms with Gasteiger partial charge in [-0.05, 0) is 36.8 Å². The maximum Gasteiger partial charge on any atom is 0.338 e. The number of rotatable bonds is 4. The van der Waals surface area contributed by atoms with Crippen LogP contribution in [0.3, 0.4) is 0 Å². The predicted molar refractivity (Wildman–Crippen MR) is 90.8 cm³/mol. The van der Waals surface area contributed by atoms with E-state index in [2.05, 4.69) is 10.6 Å². The van der Waals surface area contributed by atoms with E-state index in [9.17, 15) is 9.59 Å². The van der Waals surface area contributed by atoms with E-state index >= 15 is 0 Å². The molecule has 0 aliphatic heterocycles. The molecule has 0 saturated heterocycles. The van der Waals surface area contributed by atoms with Gasteiger partial charge in [0, 0.05) is 11.1 Å². The van der Waals surface area contributed by atoms with Crippen LogP contribution < -0.4 is 10.6 Å². The number of ether oxygens (including phenoxy) is 1. The molecule has 1 aromatic carbocycles. The maximum atomic E-state index is 11.8. The van der Waals surface area contributed by atoms with Crippen molar-refractivity contribution in [3.05, 3.63) is 29.8 Å². The second kappa shape index (κ2) is 7.89. The highest BCUT2D eigenvalue weighted by Crippen LogP contribution is 2.14. The molecule has 0 saturated carbocycles. The molecule has 0 radical (unpaired) electrons. The minimum atomic E-state index is -0.530. The van der Waals surface area contributed by atoms with Gasteiger partial charge in [-0.25, -0.2) is 4.79 Å². The standard InChI is InChI=1S/C16H22N2O3S/c1-5-9-21-13(19)11-7-6-8-12(10-11)17-15(22)18-14(20)16(2,3)4/h6-8,10H,5,9H2,1-4H3,(H2,17,18,20,22). The van der Waals surface area contributed by atoms with Crippen molar-refractivity contribution < 1.29 is 14.3 Å². The van der Waals surface area contributed by atoms with Crippen LogP contribution in [0.4, 0.5) is 5.69 Å². The molecule has 120 valence electrons. The lowest BCUT2D eigenvalue weighted by Gasteiger charge is -2.18. The van der Waals surface area contributed by atoms with Gasteiger partial charge in [0.2, 0.25) is 5.91 Å². The topological polar surface area (TPSA) is 67.4 Å². The Morgan fingerprint density at radius 1 is 1.27 bits per heavy atom. The molecule has 6 heteroatoms. The van der Waals surface area contributed by atoms with Gasteiger partial charge in [-0.2, -0.15) is 0 Å². The second-order valence-corrected chi connectivity index (χ2v) is 6.28. The summed E-state index contributed by atoms with van der Waals surface area (Å²) >= 11 is 5.10. The fraction of sp³-hybridized carbons (Fsp3) is 0.438.